The van der Waals surface area contributed by atoms with E-state index in [9.17, 15) is 14.0 Å². The topological polar surface area (TPSA) is 74.4 Å². The van der Waals surface area contributed by atoms with Gasteiger partial charge in [-0.05, 0) is 44.0 Å². The molecule has 1 amide bonds. The molecule has 8 heteroatoms. The number of rotatable bonds is 5. The number of aromatic amines is 1. The maximum absolute atomic E-state index is 14.3. The Balaban J connectivity index is 1.55. The van der Waals surface area contributed by atoms with Crippen molar-refractivity contribution in [3.05, 3.63) is 69.6 Å². The number of halogens is 2. The minimum absolute atomic E-state index is 0.141. The number of H-pyrrole nitrogens is 1. The summed E-state index contributed by atoms with van der Waals surface area (Å²) in [6, 6.07) is 9.20. The van der Waals surface area contributed by atoms with Crippen LogP contribution in [0.3, 0.4) is 0 Å². The highest BCUT2D eigenvalue weighted by Gasteiger charge is 2.39. The van der Waals surface area contributed by atoms with E-state index in [1.54, 1.807) is 17.0 Å². The molecule has 1 aliphatic heterocycles. The summed E-state index contributed by atoms with van der Waals surface area (Å²) in [7, 11) is 1.32. The summed E-state index contributed by atoms with van der Waals surface area (Å²) in [4.78, 5) is 30.6. The van der Waals surface area contributed by atoms with E-state index in [1.807, 2.05) is 26.0 Å². The van der Waals surface area contributed by atoms with Crippen LogP contribution in [0.25, 0.3) is 10.9 Å². The quantitative estimate of drug-likeness (QED) is 0.565. The molecule has 0 unspecified atom stereocenters. The van der Waals surface area contributed by atoms with Crippen LogP contribution in [0, 0.1) is 19.7 Å². The molecular weight excluding hydrogens is 433 g/mol. The number of likely N-dealkylation sites (tertiary alicyclic amines) is 1. The van der Waals surface area contributed by atoms with Crippen LogP contribution in [0.5, 0.6) is 0 Å². The van der Waals surface area contributed by atoms with Crippen molar-refractivity contribution in [1.29, 1.82) is 0 Å². The normalized spacial score (nSPS) is 18.8. The molecule has 0 bridgehead atoms. The van der Waals surface area contributed by atoms with E-state index in [4.69, 9.17) is 16.3 Å². The lowest BCUT2D eigenvalue weighted by atomic mass is 10.1. The molecule has 2 aromatic carbocycles. The van der Waals surface area contributed by atoms with Crippen LogP contribution in [0.4, 0.5) is 4.39 Å². The van der Waals surface area contributed by atoms with Gasteiger partial charge < -0.3 is 15.0 Å². The van der Waals surface area contributed by atoms with Crippen molar-refractivity contribution in [1.82, 2.24) is 15.2 Å². The van der Waals surface area contributed by atoms with Crippen molar-refractivity contribution in [2.24, 2.45) is 0 Å². The van der Waals surface area contributed by atoms with Crippen molar-refractivity contribution in [2.45, 2.75) is 38.9 Å². The molecule has 0 saturated carbocycles. The molecule has 0 aliphatic carbocycles. The molecule has 0 radical (unpaired) electrons. The number of hydrogen-bond donors (Lipinski definition) is 2. The lowest BCUT2D eigenvalue weighted by Gasteiger charge is -2.23. The zero-order valence-corrected chi connectivity index (χ0v) is 18.9. The molecule has 2 heterocycles. The molecule has 1 aromatic heterocycles. The average molecular weight is 458 g/mol. The monoisotopic (exact) mass is 457 g/mol. The first-order valence-electron chi connectivity index (χ1n) is 10.4. The minimum atomic E-state index is -0.605. The van der Waals surface area contributed by atoms with Gasteiger partial charge in [0.15, 0.2) is 0 Å². The Morgan fingerprint density at radius 1 is 1.25 bits per heavy atom. The molecule has 1 saturated heterocycles. The lowest BCUT2D eigenvalue weighted by molar-refractivity contribution is -0.146. The predicted octanol–water partition coefficient (Wildman–Crippen LogP) is 4.12. The maximum Gasteiger partial charge on any atom is 0.323 e. The highest BCUT2D eigenvalue weighted by Crippen LogP contribution is 2.28. The minimum Gasteiger partial charge on any atom is -0.468 e. The summed E-state index contributed by atoms with van der Waals surface area (Å²) in [6.07, 6.45) is 0.364. The summed E-state index contributed by atoms with van der Waals surface area (Å²) in [5.41, 5.74) is 3.77. The van der Waals surface area contributed by atoms with E-state index in [-0.39, 0.29) is 18.5 Å². The lowest BCUT2D eigenvalue weighted by Crippen LogP contribution is -2.38. The number of nitrogens with one attached hydrogen (secondary N) is 2. The zero-order chi connectivity index (χ0) is 23.0. The first-order valence-corrected chi connectivity index (χ1v) is 10.8. The molecule has 32 heavy (non-hydrogen) atoms. The molecule has 1 fully saturated rings. The number of carbonyl (C=O) groups excluding carboxylic acids is 2. The van der Waals surface area contributed by atoms with Crippen LogP contribution < -0.4 is 5.32 Å². The number of amides is 1. The van der Waals surface area contributed by atoms with E-state index >= 15 is 0 Å². The number of aromatic nitrogens is 1. The van der Waals surface area contributed by atoms with Gasteiger partial charge in [-0.25, -0.2) is 4.39 Å². The Morgan fingerprint density at radius 3 is 2.72 bits per heavy atom. The van der Waals surface area contributed by atoms with Crippen molar-refractivity contribution in [3.63, 3.8) is 0 Å². The molecule has 2 atom stereocenters. The number of benzene rings is 2. The van der Waals surface area contributed by atoms with Gasteiger partial charge in [-0.15, -0.1) is 0 Å². The van der Waals surface area contributed by atoms with Crippen LogP contribution in [0.1, 0.15) is 33.6 Å². The summed E-state index contributed by atoms with van der Waals surface area (Å²) < 4.78 is 19.3. The number of para-hydroxylation sites is 1. The number of aryl methyl sites for hydroxylation is 2. The number of fused-ring (bicyclic) bond motifs is 1. The van der Waals surface area contributed by atoms with E-state index in [2.05, 4.69) is 10.3 Å². The van der Waals surface area contributed by atoms with Crippen molar-refractivity contribution in [2.75, 3.05) is 13.7 Å². The average Bonchev–Trinajstić information content (AvgIpc) is 3.30. The molecule has 6 nitrogen and oxygen atoms in total. The Morgan fingerprint density at radius 2 is 2.00 bits per heavy atom. The molecule has 0 spiro atoms. The number of nitrogens with zero attached hydrogens (tertiary/aromatic N) is 1. The first kappa shape index (κ1) is 22.3. The van der Waals surface area contributed by atoms with Gasteiger partial charge in [-0.3, -0.25) is 14.5 Å². The van der Waals surface area contributed by atoms with Gasteiger partial charge in [0.05, 0.1) is 18.2 Å². The van der Waals surface area contributed by atoms with E-state index < -0.39 is 17.8 Å². The second kappa shape index (κ2) is 8.92. The van der Waals surface area contributed by atoms with Gasteiger partial charge in [0.1, 0.15) is 11.9 Å². The third-order valence-electron chi connectivity index (χ3n) is 6.22. The Labute approximate surface area is 190 Å². The number of esters is 1. The van der Waals surface area contributed by atoms with Crippen LogP contribution in [-0.4, -0.2) is 47.5 Å². The molecule has 3 aromatic rings. The third-order valence-corrected chi connectivity index (χ3v) is 6.58. The van der Waals surface area contributed by atoms with E-state index in [0.717, 1.165) is 22.2 Å². The fourth-order valence-electron chi connectivity index (χ4n) is 4.39. The number of methoxy groups -OCH3 is 1. The van der Waals surface area contributed by atoms with Crippen molar-refractivity contribution >= 4 is 34.4 Å². The molecule has 1 aliphatic rings. The van der Waals surface area contributed by atoms with Crippen molar-refractivity contribution < 1.29 is 18.7 Å². The van der Waals surface area contributed by atoms with Crippen LogP contribution >= 0.6 is 11.6 Å². The van der Waals surface area contributed by atoms with Crippen molar-refractivity contribution in [3.8, 4) is 0 Å². The molecule has 168 valence electrons. The highest BCUT2D eigenvalue weighted by molar-refractivity contribution is 6.31. The Bertz CT molecular complexity index is 1170. The second-order valence-corrected chi connectivity index (χ2v) is 8.59. The molecular formula is C24H25ClFN3O3. The van der Waals surface area contributed by atoms with Gasteiger partial charge in [0, 0.05) is 40.8 Å². The van der Waals surface area contributed by atoms with Gasteiger partial charge in [-0.1, -0.05) is 29.8 Å². The van der Waals surface area contributed by atoms with Crippen LogP contribution in [-0.2, 0) is 16.1 Å². The predicted molar refractivity (Wildman–Crippen MR) is 121 cm³/mol. The fraction of sp³-hybridized carbons (Fsp3) is 0.333. The van der Waals surface area contributed by atoms with E-state index in [1.165, 1.54) is 19.2 Å². The Hall–Kier alpha value is -2.90. The smallest absolute Gasteiger partial charge is 0.323 e. The summed E-state index contributed by atoms with van der Waals surface area (Å²) in [5, 5.41) is 4.34. The molecule has 2 N–H and O–H groups in total. The molecule has 4 rings (SSSR count). The number of hydrogen-bond acceptors (Lipinski definition) is 4. The van der Waals surface area contributed by atoms with Crippen LogP contribution in [0.15, 0.2) is 36.4 Å². The van der Waals surface area contributed by atoms with Gasteiger partial charge in [-0.2, -0.15) is 0 Å². The first-order chi connectivity index (χ1) is 15.3. The maximum atomic E-state index is 14.3. The number of ether oxygens (including phenoxy) is 1. The third kappa shape index (κ3) is 4.10. The van der Waals surface area contributed by atoms with Gasteiger partial charge in [0.25, 0.3) is 5.91 Å². The van der Waals surface area contributed by atoms with Gasteiger partial charge in [0.2, 0.25) is 0 Å². The zero-order valence-electron chi connectivity index (χ0n) is 18.2. The fourth-order valence-corrected chi connectivity index (χ4v) is 4.61. The second-order valence-electron chi connectivity index (χ2n) is 8.18. The summed E-state index contributed by atoms with van der Waals surface area (Å²) >= 11 is 6.18. The van der Waals surface area contributed by atoms with Gasteiger partial charge >= 0.3 is 5.97 Å². The summed E-state index contributed by atoms with van der Waals surface area (Å²) in [6.45, 7) is 4.50. The van der Waals surface area contributed by atoms with Crippen LogP contribution in [0.2, 0.25) is 5.02 Å². The highest BCUT2D eigenvalue weighted by atomic mass is 35.5. The standard InChI is InChI=1S/C24H25ClFN3O3/c1-13-14(2)27-22-16(13)6-4-7-17(22)23(30)28-15-10-21(24(31)32-3)29(11-15)12-18-19(25)8-5-9-20(18)26/h4-9,15,21,27H,10-12H2,1-3H3,(H,28,30)/t15-,21+/m1/s1. The Kier molecular flexibility index (Phi) is 6.22. The van der Waals surface area contributed by atoms with E-state index in [0.29, 0.717) is 29.1 Å². The number of carbonyl (C=O) groups is 2. The SMILES string of the molecule is COC(=O)[C@@H]1C[C@@H](NC(=O)c2cccc3c(C)c(C)[nH]c23)CN1Cc1c(F)cccc1Cl. The largest absolute Gasteiger partial charge is 0.468 e. The summed E-state index contributed by atoms with van der Waals surface area (Å²) in [5.74, 6) is -1.08.